The van der Waals surface area contributed by atoms with E-state index in [1.165, 1.54) is 29.3 Å². The number of halogens is 1. The third-order valence-corrected chi connectivity index (χ3v) is 4.81. The lowest BCUT2D eigenvalue weighted by atomic mass is 9.95. The van der Waals surface area contributed by atoms with Crippen LogP contribution in [-0.2, 0) is 0 Å². The number of aliphatic hydroxyl groups excluding tert-OH is 1. The standard InChI is InChI=1S/C17H23BrO/c1-2-3-4-8-17(19)14-11-9-13(10-12-14)15-6-5-7-16(15)18/h7,9-12,15,17,19H,2-6,8H2,1H3/t15-,17?/m0/s1. The summed E-state index contributed by atoms with van der Waals surface area (Å²) in [5.41, 5.74) is 2.41. The second kappa shape index (κ2) is 7.25. The highest BCUT2D eigenvalue weighted by Crippen LogP contribution is 2.38. The average Bonchev–Trinajstić information content (AvgIpc) is 2.85. The van der Waals surface area contributed by atoms with Gasteiger partial charge >= 0.3 is 0 Å². The first-order chi connectivity index (χ1) is 9.22. The Balaban J connectivity index is 1.96. The fourth-order valence-corrected chi connectivity index (χ4v) is 3.42. The molecule has 104 valence electrons. The Labute approximate surface area is 124 Å². The first-order valence-electron chi connectivity index (χ1n) is 7.36. The molecule has 0 fully saturated rings. The van der Waals surface area contributed by atoms with Crippen molar-refractivity contribution in [3.05, 3.63) is 46.0 Å². The number of hydrogen-bond acceptors (Lipinski definition) is 1. The van der Waals surface area contributed by atoms with E-state index in [9.17, 15) is 5.11 Å². The average molecular weight is 323 g/mol. The number of rotatable bonds is 6. The predicted molar refractivity (Wildman–Crippen MR) is 84.5 cm³/mol. The Kier molecular flexibility index (Phi) is 5.65. The third kappa shape index (κ3) is 3.93. The van der Waals surface area contributed by atoms with Crippen LogP contribution in [0.2, 0.25) is 0 Å². The van der Waals surface area contributed by atoms with Crippen molar-refractivity contribution in [3.8, 4) is 0 Å². The monoisotopic (exact) mass is 322 g/mol. The number of aliphatic hydroxyl groups is 1. The fourth-order valence-electron chi connectivity index (χ4n) is 2.70. The van der Waals surface area contributed by atoms with Crippen molar-refractivity contribution in [2.45, 2.75) is 57.5 Å². The molecular formula is C17H23BrO. The molecule has 0 heterocycles. The van der Waals surface area contributed by atoms with Crippen LogP contribution >= 0.6 is 15.9 Å². The number of unbranched alkanes of at least 4 members (excludes halogenated alkanes) is 2. The van der Waals surface area contributed by atoms with Gasteiger partial charge in [-0.05, 0) is 34.9 Å². The largest absolute Gasteiger partial charge is 0.388 e. The minimum atomic E-state index is -0.303. The lowest BCUT2D eigenvalue weighted by molar-refractivity contribution is 0.163. The summed E-state index contributed by atoms with van der Waals surface area (Å²) in [6.45, 7) is 2.19. The minimum absolute atomic E-state index is 0.303. The molecule has 0 aliphatic heterocycles. The Hall–Kier alpha value is -0.600. The van der Waals surface area contributed by atoms with E-state index in [2.05, 4.69) is 53.2 Å². The van der Waals surface area contributed by atoms with E-state index in [-0.39, 0.29) is 6.10 Å². The van der Waals surface area contributed by atoms with Gasteiger partial charge in [0.1, 0.15) is 0 Å². The predicted octanol–water partition coefficient (Wildman–Crippen LogP) is 5.46. The van der Waals surface area contributed by atoms with Crippen molar-refractivity contribution >= 4 is 15.9 Å². The van der Waals surface area contributed by atoms with E-state index < -0.39 is 0 Å². The highest BCUT2D eigenvalue weighted by molar-refractivity contribution is 9.11. The molecule has 1 N–H and O–H groups in total. The van der Waals surface area contributed by atoms with E-state index in [1.807, 2.05) is 0 Å². The summed E-state index contributed by atoms with van der Waals surface area (Å²) in [6.07, 6.45) is 8.70. The van der Waals surface area contributed by atoms with Crippen LogP contribution in [0.5, 0.6) is 0 Å². The van der Waals surface area contributed by atoms with Gasteiger partial charge in [0.25, 0.3) is 0 Å². The van der Waals surface area contributed by atoms with Gasteiger partial charge in [-0.1, -0.05) is 72.5 Å². The molecule has 1 aromatic carbocycles. The van der Waals surface area contributed by atoms with Gasteiger partial charge in [0.15, 0.2) is 0 Å². The summed E-state index contributed by atoms with van der Waals surface area (Å²) in [6, 6.07) is 8.52. The van der Waals surface area contributed by atoms with Crippen LogP contribution in [0.4, 0.5) is 0 Å². The van der Waals surface area contributed by atoms with Crippen LogP contribution in [0.15, 0.2) is 34.8 Å². The van der Waals surface area contributed by atoms with Crippen LogP contribution in [0.25, 0.3) is 0 Å². The van der Waals surface area contributed by atoms with Crippen LogP contribution < -0.4 is 0 Å². The summed E-state index contributed by atoms with van der Waals surface area (Å²) in [5.74, 6) is 0.520. The summed E-state index contributed by atoms with van der Waals surface area (Å²) in [7, 11) is 0. The van der Waals surface area contributed by atoms with Crippen molar-refractivity contribution in [3.63, 3.8) is 0 Å². The molecule has 2 rings (SSSR count). The maximum absolute atomic E-state index is 10.1. The molecule has 0 saturated heterocycles. The molecule has 19 heavy (non-hydrogen) atoms. The smallest absolute Gasteiger partial charge is 0.0790 e. The summed E-state index contributed by atoms with van der Waals surface area (Å²) in [4.78, 5) is 0. The SMILES string of the molecule is CCCCCC(O)c1ccc([C@@H]2CCC=C2Br)cc1. The Morgan fingerprint density at radius 3 is 2.58 bits per heavy atom. The second-order valence-corrected chi connectivity index (χ2v) is 6.31. The van der Waals surface area contributed by atoms with Crippen LogP contribution in [-0.4, -0.2) is 5.11 Å². The topological polar surface area (TPSA) is 20.2 Å². The number of hydrogen-bond donors (Lipinski definition) is 1. The zero-order valence-corrected chi connectivity index (χ0v) is 13.2. The van der Waals surface area contributed by atoms with Gasteiger partial charge in [-0.15, -0.1) is 0 Å². The summed E-state index contributed by atoms with van der Waals surface area (Å²) in [5, 5.41) is 10.1. The molecular weight excluding hydrogens is 300 g/mol. The molecule has 1 unspecified atom stereocenters. The first-order valence-corrected chi connectivity index (χ1v) is 8.15. The molecule has 0 spiro atoms. The third-order valence-electron chi connectivity index (χ3n) is 3.93. The number of benzene rings is 1. The fraction of sp³-hybridized carbons (Fsp3) is 0.529. The minimum Gasteiger partial charge on any atom is -0.388 e. The molecule has 1 aromatic rings. The van der Waals surface area contributed by atoms with E-state index in [1.54, 1.807) is 0 Å². The Morgan fingerprint density at radius 2 is 2.00 bits per heavy atom. The molecule has 0 radical (unpaired) electrons. The van der Waals surface area contributed by atoms with E-state index in [4.69, 9.17) is 0 Å². The quantitative estimate of drug-likeness (QED) is 0.690. The molecule has 2 heteroatoms. The van der Waals surface area contributed by atoms with Crippen molar-refractivity contribution < 1.29 is 5.11 Å². The van der Waals surface area contributed by atoms with Crippen LogP contribution in [0.1, 0.15) is 68.6 Å². The summed E-state index contributed by atoms with van der Waals surface area (Å²) < 4.78 is 1.31. The maximum atomic E-state index is 10.1. The van der Waals surface area contributed by atoms with Gasteiger partial charge in [-0.2, -0.15) is 0 Å². The molecule has 1 nitrogen and oxygen atoms in total. The lowest BCUT2D eigenvalue weighted by Crippen LogP contribution is -1.99. The highest BCUT2D eigenvalue weighted by Gasteiger charge is 2.19. The second-order valence-electron chi connectivity index (χ2n) is 5.40. The molecule has 1 aliphatic rings. The molecule has 0 aromatic heterocycles. The van der Waals surface area contributed by atoms with Crippen molar-refractivity contribution in [2.24, 2.45) is 0 Å². The molecule has 2 atom stereocenters. The van der Waals surface area contributed by atoms with Gasteiger partial charge < -0.3 is 5.11 Å². The molecule has 0 bridgehead atoms. The van der Waals surface area contributed by atoms with Crippen molar-refractivity contribution in [2.75, 3.05) is 0 Å². The molecule has 1 aliphatic carbocycles. The first kappa shape index (κ1) is 14.8. The Morgan fingerprint density at radius 1 is 1.26 bits per heavy atom. The normalized spacial score (nSPS) is 20.4. The van der Waals surface area contributed by atoms with Gasteiger partial charge in [0.05, 0.1) is 6.10 Å². The summed E-state index contributed by atoms with van der Waals surface area (Å²) >= 11 is 3.64. The Bertz CT molecular complexity index is 421. The number of allylic oxidation sites excluding steroid dienone is 2. The van der Waals surface area contributed by atoms with Gasteiger partial charge in [-0.25, -0.2) is 0 Å². The van der Waals surface area contributed by atoms with Crippen LogP contribution in [0, 0.1) is 0 Å². The zero-order valence-electron chi connectivity index (χ0n) is 11.6. The maximum Gasteiger partial charge on any atom is 0.0790 e. The van der Waals surface area contributed by atoms with Gasteiger partial charge in [-0.3, -0.25) is 0 Å². The van der Waals surface area contributed by atoms with E-state index in [0.29, 0.717) is 5.92 Å². The van der Waals surface area contributed by atoms with Crippen molar-refractivity contribution in [1.82, 2.24) is 0 Å². The van der Waals surface area contributed by atoms with Gasteiger partial charge in [0.2, 0.25) is 0 Å². The molecule has 0 saturated carbocycles. The van der Waals surface area contributed by atoms with Crippen LogP contribution in [0.3, 0.4) is 0 Å². The van der Waals surface area contributed by atoms with E-state index in [0.717, 1.165) is 24.8 Å². The van der Waals surface area contributed by atoms with Gasteiger partial charge in [0, 0.05) is 5.92 Å². The molecule has 0 amide bonds. The zero-order chi connectivity index (χ0) is 13.7. The van der Waals surface area contributed by atoms with E-state index >= 15 is 0 Å². The lowest BCUT2D eigenvalue weighted by Gasteiger charge is -2.14. The van der Waals surface area contributed by atoms with Crippen molar-refractivity contribution in [1.29, 1.82) is 0 Å². The highest BCUT2D eigenvalue weighted by atomic mass is 79.9.